The summed E-state index contributed by atoms with van der Waals surface area (Å²) in [4.78, 5) is 14.4. The highest BCUT2D eigenvalue weighted by Gasteiger charge is 2.24. The molecule has 1 aromatic carbocycles. The number of fused-ring (bicyclic) bond motifs is 1. The first kappa shape index (κ1) is 15.0. The summed E-state index contributed by atoms with van der Waals surface area (Å²) in [6, 6.07) is 4.97. The third-order valence-electron chi connectivity index (χ3n) is 3.70. The molecule has 1 heterocycles. The average molecular weight is 295 g/mol. The van der Waals surface area contributed by atoms with Crippen LogP contribution in [0, 0.1) is 0 Å². The predicted octanol–water partition coefficient (Wildman–Crippen LogP) is 2.28. The molecule has 5 heteroatoms. The van der Waals surface area contributed by atoms with Crippen molar-refractivity contribution in [1.29, 1.82) is 0 Å². The van der Waals surface area contributed by atoms with Crippen molar-refractivity contribution in [3.63, 3.8) is 0 Å². The number of hydrogen-bond acceptors (Lipinski definition) is 3. The van der Waals surface area contributed by atoms with Crippen molar-refractivity contribution in [2.45, 2.75) is 37.5 Å². The van der Waals surface area contributed by atoms with Crippen LogP contribution in [0.2, 0.25) is 0 Å². The number of hydrogen-bond donors (Lipinski definition) is 0. The zero-order valence-electron chi connectivity index (χ0n) is 12.1. The van der Waals surface area contributed by atoms with Crippen LogP contribution in [0.25, 0.3) is 0 Å². The number of nitrogens with zero attached hydrogens (tertiary/aromatic N) is 1. The zero-order valence-corrected chi connectivity index (χ0v) is 12.9. The summed E-state index contributed by atoms with van der Waals surface area (Å²) in [5.74, 6) is 0.174. The lowest BCUT2D eigenvalue weighted by atomic mass is 10.1. The molecule has 4 nitrogen and oxygen atoms in total. The molecule has 1 aliphatic rings. The van der Waals surface area contributed by atoms with Gasteiger partial charge < -0.3 is 4.90 Å². The minimum atomic E-state index is -3.14. The Morgan fingerprint density at radius 1 is 1.35 bits per heavy atom. The molecule has 0 saturated heterocycles. The molecule has 0 spiro atoms. The van der Waals surface area contributed by atoms with Gasteiger partial charge in [-0.05, 0) is 43.0 Å². The molecule has 0 bridgehead atoms. The first-order valence-electron chi connectivity index (χ1n) is 7.07. The van der Waals surface area contributed by atoms with Crippen LogP contribution in [0.1, 0.15) is 42.1 Å². The van der Waals surface area contributed by atoms with E-state index in [1.54, 1.807) is 30.1 Å². The van der Waals surface area contributed by atoms with Crippen molar-refractivity contribution >= 4 is 15.7 Å². The topological polar surface area (TPSA) is 54.5 Å². The molecule has 0 atom stereocenters. The average Bonchev–Trinajstić information content (AvgIpc) is 2.43. The van der Waals surface area contributed by atoms with Crippen molar-refractivity contribution in [3.05, 3.63) is 29.3 Å². The van der Waals surface area contributed by atoms with Gasteiger partial charge in [0, 0.05) is 19.2 Å². The molecular formula is C15H21NO3S. The summed E-state index contributed by atoms with van der Waals surface area (Å²) >= 11 is 0. The van der Waals surface area contributed by atoms with Gasteiger partial charge in [0.25, 0.3) is 5.91 Å². The summed E-state index contributed by atoms with van der Waals surface area (Å²) in [6.45, 7) is 2.81. The van der Waals surface area contributed by atoms with Crippen LogP contribution in [-0.2, 0) is 16.3 Å². The molecule has 1 amide bonds. The molecule has 0 fully saturated rings. The van der Waals surface area contributed by atoms with Crippen molar-refractivity contribution in [1.82, 2.24) is 4.90 Å². The second-order valence-corrected chi connectivity index (χ2v) is 7.40. The number of unbranched alkanes of at least 4 members (excludes halogenated alkanes) is 1. The fourth-order valence-electron chi connectivity index (χ4n) is 2.49. The molecule has 2 rings (SSSR count). The molecule has 1 aliphatic heterocycles. The minimum Gasteiger partial charge on any atom is -0.342 e. The molecule has 0 aromatic heterocycles. The highest BCUT2D eigenvalue weighted by molar-refractivity contribution is 7.91. The Morgan fingerprint density at radius 3 is 2.80 bits per heavy atom. The SMILES string of the molecule is CCCCN(C)C(=O)c1ccc2c(c1)CCCS2(=O)=O. The highest BCUT2D eigenvalue weighted by Crippen LogP contribution is 2.26. The Kier molecular flexibility index (Phi) is 4.48. The minimum absolute atomic E-state index is 0.0378. The van der Waals surface area contributed by atoms with E-state index in [2.05, 4.69) is 6.92 Å². The Balaban J connectivity index is 2.25. The number of carbonyl (C=O) groups is 1. The quantitative estimate of drug-likeness (QED) is 0.856. The van der Waals surface area contributed by atoms with E-state index in [0.29, 0.717) is 16.9 Å². The van der Waals surface area contributed by atoms with E-state index in [1.807, 2.05) is 0 Å². The lowest BCUT2D eigenvalue weighted by Crippen LogP contribution is -2.28. The summed E-state index contributed by atoms with van der Waals surface area (Å²) in [7, 11) is -1.36. The van der Waals surface area contributed by atoms with Crippen LogP contribution in [-0.4, -0.2) is 38.6 Å². The van der Waals surface area contributed by atoms with Crippen LogP contribution in [0.3, 0.4) is 0 Å². The van der Waals surface area contributed by atoms with Gasteiger partial charge in [-0.3, -0.25) is 4.79 Å². The molecule has 0 saturated carbocycles. The number of benzene rings is 1. The largest absolute Gasteiger partial charge is 0.342 e. The van der Waals surface area contributed by atoms with E-state index in [1.165, 1.54) is 0 Å². The van der Waals surface area contributed by atoms with Crippen molar-refractivity contribution < 1.29 is 13.2 Å². The van der Waals surface area contributed by atoms with Gasteiger partial charge >= 0.3 is 0 Å². The molecule has 0 radical (unpaired) electrons. The van der Waals surface area contributed by atoms with Crippen molar-refractivity contribution in [2.75, 3.05) is 19.3 Å². The van der Waals surface area contributed by atoms with E-state index in [4.69, 9.17) is 0 Å². The van der Waals surface area contributed by atoms with E-state index in [-0.39, 0.29) is 11.7 Å². The van der Waals surface area contributed by atoms with E-state index < -0.39 is 9.84 Å². The Morgan fingerprint density at radius 2 is 2.10 bits per heavy atom. The van der Waals surface area contributed by atoms with Gasteiger partial charge in [-0.2, -0.15) is 0 Å². The van der Waals surface area contributed by atoms with Gasteiger partial charge in [0.15, 0.2) is 9.84 Å². The lowest BCUT2D eigenvalue weighted by Gasteiger charge is -2.20. The summed E-state index contributed by atoms with van der Waals surface area (Å²) < 4.78 is 23.9. The maximum absolute atomic E-state index is 12.3. The highest BCUT2D eigenvalue weighted by atomic mass is 32.2. The molecule has 0 unspecified atom stereocenters. The first-order chi connectivity index (χ1) is 9.45. The second kappa shape index (κ2) is 5.95. The van der Waals surface area contributed by atoms with Crippen LogP contribution in [0.15, 0.2) is 23.1 Å². The monoisotopic (exact) mass is 295 g/mol. The standard InChI is InChI=1S/C15H21NO3S/c1-3-4-9-16(2)15(17)13-7-8-14-12(11-13)6-5-10-20(14,18)19/h7-8,11H,3-6,9-10H2,1-2H3. The van der Waals surface area contributed by atoms with Crippen molar-refractivity contribution in [2.24, 2.45) is 0 Å². The third-order valence-corrected chi connectivity index (χ3v) is 5.59. The summed E-state index contributed by atoms with van der Waals surface area (Å²) in [5.41, 5.74) is 1.37. The Hall–Kier alpha value is -1.36. The fraction of sp³-hybridized carbons (Fsp3) is 0.533. The molecular weight excluding hydrogens is 274 g/mol. The maximum Gasteiger partial charge on any atom is 0.253 e. The van der Waals surface area contributed by atoms with Crippen LogP contribution >= 0.6 is 0 Å². The second-order valence-electron chi connectivity index (χ2n) is 5.33. The molecule has 0 aliphatic carbocycles. The van der Waals surface area contributed by atoms with Crippen LogP contribution < -0.4 is 0 Å². The first-order valence-corrected chi connectivity index (χ1v) is 8.72. The third kappa shape index (κ3) is 3.03. The molecule has 20 heavy (non-hydrogen) atoms. The summed E-state index contributed by atoms with van der Waals surface area (Å²) in [5, 5.41) is 0. The number of rotatable bonds is 4. The van der Waals surface area contributed by atoms with Crippen molar-refractivity contribution in [3.8, 4) is 0 Å². The van der Waals surface area contributed by atoms with Crippen LogP contribution in [0.5, 0.6) is 0 Å². The molecule has 1 aromatic rings. The number of amides is 1. The van der Waals surface area contributed by atoms with E-state index >= 15 is 0 Å². The van der Waals surface area contributed by atoms with Gasteiger partial charge in [-0.25, -0.2) is 8.42 Å². The molecule has 110 valence electrons. The predicted molar refractivity (Wildman–Crippen MR) is 78.7 cm³/mol. The van der Waals surface area contributed by atoms with E-state index in [9.17, 15) is 13.2 Å². The van der Waals surface area contributed by atoms with Crippen LogP contribution in [0.4, 0.5) is 0 Å². The number of sulfone groups is 1. The number of carbonyl (C=O) groups excluding carboxylic acids is 1. The lowest BCUT2D eigenvalue weighted by molar-refractivity contribution is 0.0793. The molecule has 0 N–H and O–H groups in total. The van der Waals surface area contributed by atoms with Gasteiger partial charge in [-0.1, -0.05) is 13.3 Å². The Bertz CT molecular complexity index is 608. The fourth-order valence-corrected chi connectivity index (χ4v) is 4.07. The smallest absolute Gasteiger partial charge is 0.253 e. The van der Waals surface area contributed by atoms with E-state index in [0.717, 1.165) is 31.4 Å². The normalized spacial score (nSPS) is 16.5. The van der Waals surface area contributed by atoms with Gasteiger partial charge in [0.05, 0.1) is 10.6 Å². The van der Waals surface area contributed by atoms with Gasteiger partial charge in [0.2, 0.25) is 0 Å². The van der Waals surface area contributed by atoms with Gasteiger partial charge in [0.1, 0.15) is 0 Å². The summed E-state index contributed by atoms with van der Waals surface area (Å²) in [6.07, 6.45) is 3.38. The maximum atomic E-state index is 12.3. The number of aryl methyl sites for hydroxylation is 1. The Labute approximate surface area is 120 Å². The van der Waals surface area contributed by atoms with Gasteiger partial charge in [-0.15, -0.1) is 0 Å². The zero-order chi connectivity index (χ0) is 14.8.